The number of hydrogen-bond acceptors (Lipinski definition) is 3. The van der Waals surface area contributed by atoms with Crippen LogP contribution in [0.2, 0.25) is 0 Å². The Morgan fingerprint density at radius 1 is 1.42 bits per heavy atom. The van der Waals surface area contributed by atoms with E-state index in [1.54, 1.807) is 0 Å². The Morgan fingerprint density at radius 3 is 3.00 bits per heavy atom. The minimum atomic E-state index is 0.126. The van der Waals surface area contributed by atoms with Crippen LogP contribution in [-0.2, 0) is 10.5 Å². The van der Waals surface area contributed by atoms with Gasteiger partial charge >= 0.3 is 0 Å². The first-order chi connectivity index (χ1) is 9.31. The largest absolute Gasteiger partial charge is 0.395 e. The van der Waals surface area contributed by atoms with Gasteiger partial charge in [-0.1, -0.05) is 30.0 Å². The average Bonchev–Trinajstić information content (AvgIpc) is 2.83. The standard InChI is InChI=1S/C16H20O2S/c1-13-16(9-11-18-13)19-12-15-8-3-2-6-14(15)7-4-5-10-17/h2-3,6,8,13,16-17H,5,9-12H2,1H3. The molecule has 0 saturated carbocycles. The summed E-state index contributed by atoms with van der Waals surface area (Å²) in [6.07, 6.45) is 2.04. The maximum atomic E-state index is 8.77. The Kier molecular flexibility index (Phi) is 5.78. The van der Waals surface area contributed by atoms with Gasteiger partial charge in [0.05, 0.1) is 12.7 Å². The van der Waals surface area contributed by atoms with Crippen molar-refractivity contribution in [1.82, 2.24) is 0 Å². The molecule has 1 aromatic carbocycles. The number of ether oxygens (including phenoxy) is 1. The summed E-state index contributed by atoms with van der Waals surface area (Å²) in [6, 6.07) is 8.26. The molecule has 2 atom stereocenters. The Bertz CT molecular complexity index is 461. The lowest BCUT2D eigenvalue weighted by Gasteiger charge is -2.14. The van der Waals surface area contributed by atoms with Crippen LogP contribution in [0.15, 0.2) is 24.3 Å². The monoisotopic (exact) mass is 276 g/mol. The van der Waals surface area contributed by atoms with E-state index in [1.165, 1.54) is 5.56 Å². The summed E-state index contributed by atoms with van der Waals surface area (Å²) in [5, 5.41) is 9.36. The van der Waals surface area contributed by atoms with E-state index in [2.05, 4.69) is 37.0 Å². The van der Waals surface area contributed by atoms with E-state index >= 15 is 0 Å². The van der Waals surface area contributed by atoms with Crippen LogP contribution < -0.4 is 0 Å². The van der Waals surface area contributed by atoms with Crippen LogP contribution in [0.3, 0.4) is 0 Å². The van der Waals surface area contributed by atoms with E-state index in [0.29, 0.717) is 17.8 Å². The fourth-order valence-electron chi connectivity index (χ4n) is 2.11. The van der Waals surface area contributed by atoms with E-state index in [-0.39, 0.29) is 6.61 Å². The SMILES string of the molecule is CC1OCCC1SCc1ccccc1C#CCCO. The summed E-state index contributed by atoms with van der Waals surface area (Å²) in [5.74, 6) is 7.12. The fraction of sp³-hybridized carbons (Fsp3) is 0.500. The molecule has 1 saturated heterocycles. The van der Waals surface area contributed by atoms with Crippen LogP contribution in [0.1, 0.15) is 30.9 Å². The highest BCUT2D eigenvalue weighted by molar-refractivity contribution is 7.99. The van der Waals surface area contributed by atoms with Crippen molar-refractivity contribution in [2.24, 2.45) is 0 Å². The maximum Gasteiger partial charge on any atom is 0.0666 e. The molecule has 0 bridgehead atoms. The molecule has 1 aliphatic heterocycles. The molecule has 1 heterocycles. The minimum absolute atomic E-state index is 0.126. The average molecular weight is 276 g/mol. The van der Waals surface area contributed by atoms with Crippen molar-refractivity contribution >= 4 is 11.8 Å². The molecular formula is C16H20O2S. The highest BCUT2D eigenvalue weighted by atomic mass is 32.2. The van der Waals surface area contributed by atoms with Gasteiger partial charge in [0, 0.05) is 29.6 Å². The molecule has 1 aliphatic rings. The zero-order chi connectivity index (χ0) is 13.5. The summed E-state index contributed by atoms with van der Waals surface area (Å²) in [7, 11) is 0. The van der Waals surface area contributed by atoms with Crippen molar-refractivity contribution in [2.45, 2.75) is 36.9 Å². The van der Waals surface area contributed by atoms with E-state index in [4.69, 9.17) is 9.84 Å². The van der Waals surface area contributed by atoms with Crippen molar-refractivity contribution in [3.05, 3.63) is 35.4 Å². The molecule has 0 aliphatic carbocycles. The van der Waals surface area contributed by atoms with Crippen LogP contribution in [0, 0.1) is 11.8 Å². The Hall–Kier alpha value is -0.950. The normalized spacial score (nSPS) is 22.0. The van der Waals surface area contributed by atoms with Crippen LogP contribution in [0.4, 0.5) is 0 Å². The molecule has 19 heavy (non-hydrogen) atoms. The molecule has 1 fully saturated rings. The van der Waals surface area contributed by atoms with E-state index < -0.39 is 0 Å². The van der Waals surface area contributed by atoms with Gasteiger partial charge in [0.1, 0.15) is 0 Å². The number of hydrogen-bond donors (Lipinski definition) is 1. The zero-order valence-corrected chi connectivity index (χ0v) is 12.1. The Balaban J connectivity index is 1.98. The molecular weight excluding hydrogens is 256 g/mol. The van der Waals surface area contributed by atoms with Crippen LogP contribution in [0.25, 0.3) is 0 Å². The number of benzene rings is 1. The first-order valence-corrected chi connectivity index (χ1v) is 7.77. The predicted octanol–water partition coefficient (Wildman–Crippen LogP) is 2.83. The van der Waals surface area contributed by atoms with E-state index in [0.717, 1.165) is 24.3 Å². The van der Waals surface area contributed by atoms with Crippen molar-refractivity contribution in [3.8, 4) is 11.8 Å². The molecule has 3 heteroatoms. The van der Waals surface area contributed by atoms with Crippen LogP contribution >= 0.6 is 11.8 Å². The molecule has 0 amide bonds. The van der Waals surface area contributed by atoms with Gasteiger partial charge in [-0.15, -0.1) is 0 Å². The predicted molar refractivity (Wildman–Crippen MR) is 80.1 cm³/mol. The van der Waals surface area contributed by atoms with Gasteiger partial charge in [-0.2, -0.15) is 11.8 Å². The number of aliphatic hydroxyl groups is 1. The van der Waals surface area contributed by atoms with Crippen LogP contribution in [0.5, 0.6) is 0 Å². The first-order valence-electron chi connectivity index (χ1n) is 6.72. The third kappa shape index (κ3) is 4.28. The topological polar surface area (TPSA) is 29.5 Å². The number of aliphatic hydroxyl groups excluding tert-OH is 1. The second-order valence-corrected chi connectivity index (χ2v) is 5.87. The summed E-state index contributed by atoms with van der Waals surface area (Å²) in [4.78, 5) is 0. The molecule has 2 rings (SSSR count). The number of rotatable bonds is 4. The molecule has 2 unspecified atom stereocenters. The molecule has 1 N–H and O–H groups in total. The summed E-state index contributed by atoms with van der Waals surface area (Å²) < 4.78 is 5.59. The lowest BCUT2D eigenvalue weighted by Crippen LogP contribution is -2.13. The van der Waals surface area contributed by atoms with Crippen molar-refractivity contribution in [1.29, 1.82) is 0 Å². The fourth-order valence-corrected chi connectivity index (χ4v) is 3.37. The van der Waals surface area contributed by atoms with Gasteiger partial charge in [0.15, 0.2) is 0 Å². The van der Waals surface area contributed by atoms with Gasteiger partial charge in [-0.25, -0.2) is 0 Å². The van der Waals surface area contributed by atoms with Crippen molar-refractivity contribution < 1.29 is 9.84 Å². The summed E-state index contributed by atoms with van der Waals surface area (Å²) >= 11 is 1.96. The highest BCUT2D eigenvalue weighted by Crippen LogP contribution is 2.29. The number of thioether (sulfide) groups is 1. The highest BCUT2D eigenvalue weighted by Gasteiger charge is 2.24. The quantitative estimate of drug-likeness (QED) is 0.858. The van der Waals surface area contributed by atoms with E-state index in [9.17, 15) is 0 Å². The van der Waals surface area contributed by atoms with Gasteiger partial charge < -0.3 is 9.84 Å². The molecule has 0 radical (unpaired) electrons. The van der Waals surface area contributed by atoms with Crippen molar-refractivity contribution in [2.75, 3.05) is 13.2 Å². The second kappa shape index (κ2) is 7.59. The third-order valence-corrected chi connectivity index (χ3v) is 4.76. The molecule has 2 nitrogen and oxygen atoms in total. The van der Waals surface area contributed by atoms with E-state index in [1.807, 2.05) is 17.8 Å². The second-order valence-electron chi connectivity index (χ2n) is 4.65. The smallest absolute Gasteiger partial charge is 0.0666 e. The van der Waals surface area contributed by atoms with Gasteiger partial charge in [-0.3, -0.25) is 0 Å². The maximum absolute atomic E-state index is 8.77. The van der Waals surface area contributed by atoms with Gasteiger partial charge in [0.2, 0.25) is 0 Å². The molecule has 0 aromatic heterocycles. The Morgan fingerprint density at radius 2 is 2.26 bits per heavy atom. The zero-order valence-electron chi connectivity index (χ0n) is 11.3. The minimum Gasteiger partial charge on any atom is -0.395 e. The molecule has 1 aromatic rings. The van der Waals surface area contributed by atoms with Gasteiger partial charge in [-0.05, 0) is 25.0 Å². The molecule has 102 valence electrons. The van der Waals surface area contributed by atoms with Crippen molar-refractivity contribution in [3.63, 3.8) is 0 Å². The van der Waals surface area contributed by atoms with Gasteiger partial charge in [0.25, 0.3) is 0 Å². The lowest BCUT2D eigenvalue weighted by molar-refractivity contribution is 0.127. The third-order valence-electron chi connectivity index (χ3n) is 3.24. The lowest BCUT2D eigenvalue weighted by atomic mass is 10.1. The van der Waals surface area contributed by atoms with Crippen LogP contribution in [-0.4, -0.2) is 29.7 Å². The first kappa shape index (κ1) is 14.5. The molecule has 0 spiro atoms. The summed E-state index contributed by atoms with van der Waals surface area (Å²) in [6.45, 7) is 3.16. The Labute approximate surface area is 119 Å². The summed E-state index contributed by atoms with van der Waals surface area (Å²) in [5.41, 5.74) is 2.35.